The monoisotopic (exact) mass is 428 g/mol. The molecular weight excluding hydrogens is 415 g/mol. The maximum Gasteiger partial charge on any atom is 0.281 e. The summed E-state index contributed by atoms with van der Waals surface area (Å²) in [5.41, 5.74) is 0.734. The Hall–Kier alpha value is -3.16. The third kappa shape index (κ3) is 4.16. The van der Waals surface area contributed by atoms with Crippen molar-refractivity contribution in [2.24, 2.45) is 0 Å². The van der Waals surface area contributed by atoms with E-state index in [0.717, 1.165) is 0 Å². The number of thiocarbonyl (C=S) groups is 1. The molecule has 0 radical (unpaired) electrons. The number of furan rings is 1. The first kappa shape index (κ1) is 19.2. The van der Waals surface area contributed by atoms with Crippen molar-refractivity contribution in [1.29, 1.82) is 0 Å². The fourth-order valence-corrected chi connectivity index (χ4v) is 3.25. The van der Waals surface area contributed by atoms with Gasteiger partial charge in [0.1, 0.15) is 35.4 Å². The predicted octanol–water partition coefficient (Wildman–Crippen LogP) is 4.91. The molecule has 2 heterocycles. The molecule has 0 bridgehead atoms. The van der Waals surface area contributed by atoms with Crippen LogP contribution in [0.15, 0.2) is 70.8 Å². The molecule has 2 aromatic carbocycles. The quantitative estimate of drug-likeness (QED) is 0.462. The summed E-state index contributed by atoms with van der Waals surface area (Å²) in [6, 6.07) is 16.1. The Balaban J connectivity index is 1.47. The van der Waals surface area contributed by atoms with E-state index in [4.69, 9.17) is 33.0 Å². The van der Waals surface area contributed by atoms with Crippen LogP contribution in [0.4, 0.5) is 10.1 Å². The summed E-state index contributed by atoms with van der Waals surface area (Å²) in [5, 5.41) is 3.58. The number of ether oxygens (including phenoxy) is 1. The zero-order valence-electron chi connectivity index (χ0n) is 14.9. The van der Waals surface area contributed by atoms with Crippen LogP contribution >= 0.6 is 23.8 Å². The molecule has 1 fully saturated rings. The number of nitrogens with one attached hydrogen (secondary N) is 1. The first-order valence-electron chi connectivity index (χ1n) is 8.60. The average molecular weight is 429 g/mol. The molecule has 0 aliphatic carbocycles. The van der Waals surface area contributed by atoms with Gasteiger partial charge in [-0.2, -0.15) is 0 Å². The van der Waals surface area contributed by atoms with Crippen LogP contribution in [0.2, 0.25) is 5.02 Å². The van der Waals surface area contributed by atoms with Gasteiger partial charge in [0.15, 0.2) is 5.11 Å². The Kier molecular flexibility index (Phi) is 5.33. The summed E-state index contributed by atoms with van der Waals surface area (Å²) < 4.78 is 24.5. The second-order valence-electron chi connectivity index (χ2n) is 6.13. The minimum Gasteiger partial charge on any atom is -0.484 e. The fraction of sp³-hybridized carbons (Fsp3) is 0.0476. The van der Waals surface area contributed by atoms with E-state index in [9.17, 15) is 9.18 Å². The summed E-state index contributed by atoms with van der Waals surface area (Å²) in [7, 11) is 0. The SMILES string of the molecule is O=C1/C(=C\c2ccc(COc3ccccc3Cl)o2)NC(=S)N1c1ccc(F)cc1. The third-order valence-electron chi connectivity index (χ3n) is 4.14. The number of amides is 1. The van der Waals surface area contributed by atoms with Gasteiger partial charge in [0.25, 0.3) is 5.91 Å². The lowest BCUT2D eigenvalue weighted by molar-refractivity contribution is -0.113. The molecule has 1 aromatic heterocycles. The number of para-hydroxylation sites is 1. The number of rotatable bonds is 5. The lowest BCUT2D eigenvalue weighted by atomic mass is 10.2. The average Bonchev–Trinajstić information content (AvgIpc) is 3.26. The lowest BCUT2D eigenvalue weighted by Gasteiger charge is -2.13. The zero-order chi connectivity index (χ0) is 20.4. The van der Waals surface area contributed by atoms with Crippen LogP contribution in [0.25, 0.3) is 6.08 Å². The Morgan fingerprint density at radius 1 is 1.14 bits per heavy atom. The Morgan fingerprint density at radius 2 is 1.90 bits per heavy atom. The van der Waals surface area contributed by atoms with Gasteiger partial charge in [-0.3, -0.25) is 9.69 Å². The number of benzene rings is 2. The Bertz CT molecular complexity index is 1110. The van der Waals surface area contributed by atoms with Gasteiger partial charge in [0.05, 0.1) is 10.7 Å². The largest absolute Gasteiger partial charge is 0.484 e. The highest BCUT2D eigenvalue weighted by atomic mass is 35.5. The van der Waals surface area contributed by atoms with E-state index in [1.54, 1.807) is 30.3 Å². The summed E-state index contributed by atoms with van der Waals surface area (Å²) in [5.74, 6) is 0.838. The van der Waals surface area contributed by atoms with Gasteiger partial charge in [0.2, 0.25) is 0 Å². The molecule has 3 aromatic rings. The summed E-state index contributed by atoms with van der Waals surface area (Å²) >= 11 is 11.3. The molecule has 0 unspecified atom stereocenters. The smallest absolute Gasteiger partial charge is 0.281 e. The molecule has 1 saturated heterocycles. The minimum atomic E-state index is -0.392. The molecular formula is C21H14ClFN2O3S. The van der Waals surface area contributed by atoms with Crippen LogP contribution in [-0.4, -0.2) is 11.0 Å². The van der Waals surface area contributed by atoms with Crippen molar-refractivity contribution in [3.63, 3.8) is 0 Å². The molecule has 5 nitrogen and oxygen atoms in total. The van der Waals surface area contributed by atoms with Crippen molar-refractivity contribution in [3.8, 4) is 5.75 Å². The highest BCUT2D eigenvalue weighted by molar-refractivity contribution is 7.80. The summed E-state index contributed by atoms with van der Waals surface area (Å²) in [6.07, 6.45) is 1.55. The molecule has 4 rings (SSSR count). The van der Waals surface area contributed by atoms with Crippen LogP contribution in [0.1, 0.15) is 11.5 Å². The third-order valence-corrected chi connectivity index (χ3v) is 4.74. The summed E-state index contributed by atoms with van der Waals surface area (Å²) in [4.78, 5) is 14.0. The van der Waals surface area contributed by atoms with Gasteiger partial charge in [-0.15, -0.1) is 0 Å². The van der Waals surface area contributed by atoms with Crippen LogP contribution in [0, 0.1) is 5.82 Å². The maximum absolute atomic E-state index is 13.1. The van der Waals surface area contributed by atoms with E-state index < -0.39 is 5.82 Å². The highest BCUT2D eigenvalue weighted by Gasteiger charge is 2.32. The first-order chi connectivity index (χ1) is 14.0. The molecule has 8 heteroatoms. The van der Waals surface area contributed by atoms with Crippen molar-refractivity contribution in [2.45, 2.75) is 6.61 Å². The molecule has 1 amide bonds. The van der Waals surface area contributed by atoms with Gasteiger partial charge < -0.3 is 14.5 Å². The van der Waals surface area contributed by atoms with Gasteiger partial charge in [-0.1, -0.05) is 23.7 Å². The van der Waals surface area contributed by atoms with Crippen molar-refractivity contribution >= 4 is 46.6 Å². The van der Waals surface area contributed by atoms with Crippen LogP contribution in [0.5, 0.6) is 5.75 Å². The normalized spacial score (nSPS) is 15.1. The lowest BCUT2D eigenvalue weighted by Crippen LogP contribution is -2.30. The molecule has 1 aliphatic heterocycles. The molecule has 29 heavy (non-hydrogen) atoms. The number of carbonyl (C=O) groups is 1. The maximum atomic E-state index is 13.1. The molecule has 1 aliphatic rings. The van der Waals surface area contributed by atoms with Gasteiger partial charge in [-0.25, -0.2) is 4.39 Å². The van der Waals surface area contributed by atoms with E-state index in [1.165, 1.54) is 29.2 Å². The summed E-state index contributed by atoms with van der Waals surface area (Å²) in [6.45, 7) is 0.189. The van der Waals surface area contributed by atoms with E-state index in [-0.39, 0.29) is 23.3 Å². The van der Waals surface area contributed by atoms with Crippen molar-refractivity contribution in [2.75, 3.05) is 4.90 Å². The number of halogens is 2. The Morgan fingerprint density at radius 3 is 2.66 bits per heavy atom. The fourth-order valence-electron chi connectivity index (χ4n) is 2.76. The minimum absolute atomic E-state index is 0.189. The molecule has 146 valence electrons. The zero-order valence-corrected chi connectivity index (χ0v) is 16.5. The highest BCUT2D eigenvalue weighted by Crippen LogP contribution is 2.25. The number of nitrogens with zero attached hydrogens (tertiary/aromatic N) is 1. The van der Waals surface area contributed by atoms with Gasteiger partial charge in [-0.05, 0) is 60.7 Å². The predicted molar refractivity (Wildman–Crippen MR) is 112 cm³/mol. The number of hydrogen-bond donors (Lipinski definition) is 1. The topological polar surface area (TPSA) is 54.7 Å². The van der Waals surface area contributed by atoms with E-state index in [2.05, 4.69) is 5.32 Å². The van der Waals surface area contributed by atoms with E-state index in [1.807, 2.05) is 12.1 Å². The second-order valence-corrected chi connectivity index (χ2v) is 6.92. The van der Waals surface area contributed by atoms with Gasteiger partial charge in [0, 0.05) is 6.08 Å². The second kappa shape index (κ2) is 8.06. The first-order valence-corrected chi connectivity index (χ1v) is 9.38. The van der Waals surface area contributed by atoms with Crippen molar-refractivity contribution < 1.29 is 18.3 Å². The molecule has 0 saturated carbocycles. The van der Waals surface area contributed by atoms with Crippen LogP contribution in [0.3, 0.4) is 0 Å². The van der Waals surface area contributed by atoms with E-state index >= 15 is 0 Å². The standard InChI is InChI=1S/C21H14ClFN2O3S/c22-17-3-1-2-4-19(17)27-12-16-10-9-15(28-16)11-18-20(26)25(21(29)24-18)14-7-5-13(23)6-8-14/h1-11H,12H2,(H,24,29)/b18-11+. The molecule has 1 N–H and O–H groups in total. The van der Waals surface area contributed by atoms with Gasteiger partial charge >= 0.3 is 0 Å². The van der Waals surface area contributed by atoms with Crippen LogP contribution in [-0.2, 0) is 11.4 Å². The number of anilines is 1. The number of carbonyl (C=O) groups excluding carboxylic acids is 1. The van der Waals surface area contributed by atoms with E-state index in [0.29, 0.717) is 28.0 Å². The van der Waals surface area contributed by atoms with Crippen molar-refractivity contribution in [1.82, 2.24) is 5.32 Å². The molecule has 0 spiro atoms. The number of hydrogen-bond acceptors (Lipinski definition) is 4. The van der Waals surface area contributed by atoms with Crippen molar-refractivity contribution in [3.05, 3.63) is 88.7 Å². The van der Waals surface area contributed by atoms with Crippen LogP contribution < -0.4 is 15.0 Å². The molecule has 0 atom stereocenters. The Labute approximate surface area is 176 Å².